The molecular formula is C18H24BNO5. The Labute approximate surface area is 148 Å². The number of nitrogens with zero attached hydrogens (tertiary/aromatic N) is 1. The van der Waals surface area contributed by atoms with Crippen LogP contribution in [0.15, 0.2) is 24.3 Å². The van der Waals surface area contributed by atoms with E-state index in [0.717, 1.165) is 5.56 Å². The smallest absolute Gasteiger partial charge is 0.377 e. The summed E-state index contributed by atoms with van der Waals surface area (Å²) in [6.45, 7) is 3.96. The van der Waals surface area contributed by atoms with Crippen LogP contribution in [0.2, 0.25) is 6.82 Å². The Hall–Kier alpha value is -1.99. The molecule has 0 saturated carbocycles. The van der Waals surface area contributed by atoms with Gasteiger partial charge in [-0.05, 0) is 37.0 Å². The molecule has 134 valence electrons. The molecule has 7 heteroatoms. The molecule has 0 aliphatic carbocycles. The first-order valence-corrected chi connectivity index (χ1v) is 8.50. The van der Waals surface area contributed by atoms with E-state index < -0.39 is 19.1 Å². The van der Waals surface area contributed by atoms with Gasteiger partial charge in [-0.15, -0.1) is 0 Å². The van der Waals surface area contributed by atoms with Crippen LogP contribution in [0.25, 0.3) is 0 Å². The second kappa shape index (κ2) is 8.40. The maximum atomic E-state index is 12.7. The van der Waals surface area contributed by atoms with Crippen LogP contribution < -0.4 is 0 Å². The molecule has 1 aromatic carbocycles. The fraction of sp³-hybridized carbons (Fsp3) is 0.500. The Balaban J connectivity index is 2.05. The van der Waals surface area contributed by atoms with Crippen molar-refractivity contribution < 1.29 is 24.1 Å². The first-order chi connectivity index (χ1) is 11.8. The van der Waals surface area contributed by atoms with Crippen LogP contribution in [0, 0.1) is 0 Å². The average molecular weight is 345 g/mol. The summed E-state index contributed by atoms with van der Waals surface area (Å²) in [6, 6.07) is 6.41. The van der Waals surface area contributed by atoms with E-state index in [-0.39, 0.29) is 30.3 Å². The second-order valence-corrected chi connectivity index (χ2v) is 6.56. The standard InChI is InChI=1S/C18H24BNO5/c1-12(13-4-6-14(7-5-13)18(23)25-3)10-17(22)16-11-15(21)8-9-20(16)19(2)24/h4-7,12,16,24H,8-11H2,1-3H3/t12-,16-/m1/s1. The minimum Gasteiger partial charge on any atom is -0.465 e. The molecule has 0 bridgehead atoms. The van der Waals surface area contributed by atoms with Crippen molar-refractivity contribution in [2.45, 2.75) is 45.0 Å². The van der Waals surface area contributed by atoms with Crippen molar-refractivity contribution in [2.24, 2.45) is 0 Å². The molecule has 1 aliphatic rings. The monoisotopic (exact) mass is 345 g/mol. The van der Waals surface area contributed by atoms with Gasteiger partial charge in [0.2, 0.25) is 0 Å². The van der Waals surface area contributed by atoms with Crippen LogP contribution in [-0.4, -0.2) is 54.1 Å². The molecule has 0 spiro atoms. The van der Waals surface area contributed by atoms with Gasteiger partial charge in [0.1, 0.15) is 11.6 Å². The predicted octanol–water partition coefficient (Wildman–Crippen LogP) is 1.68. The number of ether oxygens (including phenoxy) is 1. The number of rotatable bonds is 6. The van der Waals surface area contributed by atoms with Crippen LogP contribution in [0.1, 0.15) is 48.0 Å². The molecule has 1 aliphatic heterocycles. The quantitative estimate of drug-likeness (QED) is 0.624. The third kappa shape index (κ3) is 4.77. The summed E-state index contributed by atoms with van der Waals surface area (Å²) in [5.74, 6) is -0.431. The fourth-order valence-electron chi connectivity index (χ4n) is 3.21. The van der Waals surface area contributed by atoms with Crippen molar-refractivity contribution in [1.82, 2.24) is 4.81 Å². The van der Waals surface area contributed by atoms with Gasteiger partial charge in [0.05, 0.1) is 18.7 Å². The number of methoxy groups -OCH3 is 1. The number of carbonyl (C=O) groups excluding carboxylic acids is 3. The zero-order chi connectivity index (χ0) is 18.6. The lowest BCUT2D eigenvalue weighted by atomic mass is 9.77. The molecule has 2 atom stereocenters. The number of hydrogen-bond acceptors (Lipinski definition) is 6. The molecular weight excluding hydrogens is 321 g/mol. The zero-order valence-corrected chi connectivity index (χ0v) is 14.9. The number of esters is 1. The first-order valence-electron chi connectivity index (χ1n) is 8.50. The molecule has 0 amide bonds. The molecule has 1 saturated heterocycles. The summed E-state index contributed by atoms with van der Waals surface area (Å²) in [4.78, 5) is 37.6. The van der Waals surface area contributed by atoms with E-state index in [0.29, 0.717) is 18.5 Å². The third-order valence-electron chi connectivity index (χ3n) is 4.73. The number of carbonyl (C=O) groups is 3. The first kappa shape index (κ1) is 19.3. The molecule has 1 aromatic rings. The van der Waals surface area contributed by atoms with Crippen LogP contribution in [-0.2, 0) is 14.3 Å². The molecule has 2 rings (SSSR count). The van der Waals surface area contributed by atoms with Gasteiger partial charge in [0, 0.05) is 19.3 Å². The highest BCUT2D eigenvalue weighted by molar-refractivity contribution is 6.46. The van der Waals surface area contributed by atoms with E-state index in [9.17, 15) is 19.4 Å². The van der Waals surface area contributed by atoms with Gasteiger partial charge in [0.15, 0.2) is 0 Å². The minimum atomic E-state index is -0.753. The number of benzene rings is 1. The normalized spacial score (nSPS) is 19.4. The van der Waals surface area contributed by atoms with Gasteiger partial charge in [-0.25, -0.2) is 4.79 Å². The number of piperidine rings is 1. The topological polar surface area (TPSA) is 83.9 Å². The van der Waals surface area contributed by atoms with Gasteiger partial charge in [-0.1, -0.05) is 19.1 Å². The lowest BCUT2D eigenvalue weighted by Crippen LogP contribution is -2.53. The van der Waals surface area contributed by atoms with Crippen LogP contribution >= 0.6 is 0 Å². The average Bonchev–Trinajstić information content (AvgIpc) is 2.60. The van der Waals surface area contributed by atoms with Crippen LogP contribution in [0.5, 0.6) is 0 Å². The Morgan fingerprint density at radius 1 is 1.36 bits per heavy atom. The largest absolute Gasteiger partial charge is 0.465 e. The highest BCUT2D eigenvalue weighted by Crippen LogP contribution is 2.24. The Morgan fingerprint density at radius 3 is 2.56 bits per heavy atom. The molecule has 1 N–H and O–H groups in total. The number of Topliss-reactive ketones (excluding diaryl/α,β-unsaturated/α-hetero) is 2. The van der Waals surface area contributed by atoms with Crippen molar-refractivity contribution in [3.8, 4) is 0 Å². The number of ketones is 2. The van der Waals surface area contributed by atoms with Crippen LogP contribution in [0.3, 0.4) is 0 Å². The molecule has 0 aromatic heterocycles. The van der Waals surface area contributed by atoms with E-state index >= 15 is 0 Å². The summed E-state index contributed by atoms with van der Waals surface area (Å²) >= 11 is 0. The lowest BCUT2D eigenvalue weighted by molar-refractivity contribution is -0.131. The summed E-state index contributed by atoms with van der Waals surface area (Å²) < 4.78 is 4.67. The van der Waals surface area contributed by atoms with Gasteiger partial charge in [-0.2, -0.15) is 0 Å². The summed E-state index contributed by atoms with van der Waals surface area (Å²) in [5, 5.41) is 9.86. The Morgan fingerprint density at radius 2 is 2.00 bits per heavy atom. The molecule has 25 heavy (non-hydrogen) atoms. The number of hydrogen-bond donors (Lipinski definition) is 1. The Bertz CT molecular complexity index is 643. The summed E-state index contributed by atoms with van der Waals surface area (Å²) in [7, 11) is 0.577. The predicted molar refractivity (Wildman–Crippen MR) is 94.4 cm³/mol. The van der Waals surface area contributed by atoms with Gasteiger partial charge in [-0.3, -0.25) is 9.59 Å². The van der Waals surface area contributed by atoms with Gasteiger partial charge >= 0.3 is 13.0 Å². The highest BCUT2D eigenvalue weighted by atomic mass is 16.5. The maximum Gasteiger partial charge on any atom is 0.377 e. The van der Waals surface area contributed by atoms with Crippen molar-refractivity contribution in [3.63, 3.8) is 0 Å². The van der Waals surface area contributed by atoms with E-state index in [4.69, 9.17) is 0 Å². The molecule has 0 unspecified atom stereocenters. The van der Waals surface area contributed by atoms with Crippen molar-refractivity contribution >= 4 is 24.6 Å². The van der Waals surface area contributed by atoms with Crippen molar-refractivity contribution in [1.29, 1.82) is 0 Å². The van der Waals surface area contributed by atoms with E-state index in [1.807, 2.05) is 19.1 Å². The third-order valence-corrected chi connectivity index (χ3v) is 4.73. The van der Waals surface area contributed by atoms with Crippen LogP contribution in [0.4, 0.5) is 0 Å². The lowest BCUT2D eigenvalue weighted by Gasteiger charge is -2.35. The fourth-order valence-corrected chi connectivity index (χ4v) is 3.21. The second-order valence-electron chi connectivity index (χ2n) is 6.56. The molecule has 1 heterocycles. The minimum absolute atomic E-state index is 0.0431. The summed E-state index contributed by atoms with van der Waals surface area (Å²) in [5.41, 5.74) is 1.40. The highest BCUT2D eigenvalue weighted by Gasteiger charge is 2.36. The van der Waals surface area contributed by atoms with E-state index in [1.54, 1.807) is 23.8 Å². The molecule has 0 radical (unpaired) electrons. The van der Waals surface area contributed by atoms with Crippen molar-refractivity contribution in [2.75, 3.05) is 13.7 Å². The summed E-state index contributed by atoms with van der Waals surface area (Å²) in [6.07, 6.45) is 0.815. The maximum absolute atomic E-state index is 12.7. The van der Waals surface area contributed by atoms with Gasteiger partial charge in [0.25, 0.3) is 0 Å². The zero-order valence-electron chi connectivity index (χ0n) is 14.9. The van der Waals surface area contributed by atoms with Crippen molar-refractivity contribution in [3.05, 3.63) is 35.4 Å². The van der Waals surface area contributed by atoms with E-state index in [2.05, 4.69) is 4.74 Å². The van der Waals surface area contributed by atoms with E-state index in [1.165, 1.54) is 7.11 Å². The molecule has 1 fully saturated rings. The Kier molecular flexibility index (Phi) is 6.50. The van der Waals surface area contributed by atoms with Gasteiger partial charge < -0.3 is 14.6 Å². The molecule has 6 nitrogen and oxygen atoms in total. The SMILES string of the molecule is COC(=O)c1ccc([C@H](C)CC(=O)[C@H]2CC(=O)CCN2B(C)O)cc1.